The minimum absolute atomic E-state index is 0.231. The standard InChI is InChI=1S/C24H35N5O3/c1-24(2,3)32-23(30)28-14-12-27(13-15-28)21-18-29(11-9-20-17-25-10-16-31-20)26-22(21)19-7-5-4-6-8-19/h4-8,18,20,25H,9-17H2,1-3H3. The van der Waals surface area contributed by atoms with Gasteiger partial charge in [0.15, 0.2) is 0 Å². The third-order valence-corrected chi connectivity index (χ3v) is 5.75. The van der Waals surface area contributed by atoms with Gasteiger partial charge in [0.1, 0.15) is 11.3 Å². The number of rotatable bonds is 5. The molecule has 8 nitrogen and oxygen atoms in total. The third kappa shape index (κ3) is 5.81. The van der Waals surface area contributed by atoms with Crippen LogP contribution in [0.1, 0.15) is 27.2 Å². The number of aryl methyl sites for hydroxylation is 1. The molecular weight excluding hydrogens is 406 g/mol. The van der Waals surface area contributed by atoms with E-state index in [2.05, 4.69) is 28.5 Å². The first-order valence-corrected chi connectivity index (χ1v) is 11.6. The number of ether oxygens (including phenoxy) is 2. The number of benzene rings is 1. The van der Waals surface area contributed by atoms with Crippen LogP contribution in [0.15, 0.2) is 36.5 Å². The van der Waals surface area contributed by atoms with Crippen molar-refractivity contribution >= 4 is 11.8 Å². The zero-order valence-electron chi connectivity index (χ0n) is 19.4. The van der Waals surface area contributed by atoms with Gasteiger partial charge in [0, 0.05) is 57.6 Å². The fourth-order valence-corrected chi connectivity index (χ4v) is 4.10. The van der Waals surface area contributed by atoms with Gasteiger partial charge >= 0.3 is 6.09 Å². The maximum Gasteiger partial charge on any atom is 0.410 e. The van der Waals surface area contributed by atoms with Crippen LogP contribution in [0, 0.1) is 0 Å². The van der Waals surface area contributed by atoms with Crippen LogP contribution in [-0.4, -0.2) is 78.4 Å². The van der Waals surface area contributed by atoms with Crippen LogP contribution in [0.5, 0.6) is 0 Å². The third-order valence-electron chi connectivity index (χ3n) is 5.75. The van der Waals surface area contributed by atoms with E-state index >= 15 is 0 Å². The molecular formula is C24H35N5O3. The lowest BCUT2D eigenvalue weighted by Crippen LogP contribution is -2.50. The Kier molecular flexibility index (Phi) is 7.01. The van der Waals surface area contributed by atoms with Gasteiger partial charge in [-0.2, -0.15) is 5.10 Å². The van der Waals surface area contributed by atoms with Crippen LogP contribution < -0.4 is 10.2 Å². The van der Waals surface area contributed by atoms with Crippen molar-refractivity contribution in [1.82, 2.24) is 20.0 Å². The van der Waals surface area contributed by atoms with Gasteiger partial charge in [-0.25, -0.2) is 4.79 Å². The lowest BCUT2D eigenvalue weighted by Gasteiger charge is -2.36. The van der Waals surface area contributed by atoms with Crippen molar-refractivity contribution in [3.05, 3.63) is 36.5 Å². The fourth-order valence-electron chi connectivity index (χ4n) is 4.10. The molecule has 0 spiro atoms. The van der Waals surface area contributed by atoms with E-state index in [1.807, 2.05) is 43.7 Å². The van der Waals surface area contributed by atoms with Gasteiger partial charge in [-0.1, -0.05) is 30.3 Å². The SMILES string of the molecule is CC(C)(C)OC(=O)N1CCN(c2cn(CCC3CNCCO3)nc2-c2ccccc2)CC1. The predicted molar refractivity (Wildman–Crippen MR) is 125 cm³/mol. The second-order valence-electron chi connectivity index (χ2n) is 9.43. The fraction of sp³-hybridized carbons (Fsp3) is 0.583. The summed E-state index contributed by atoms with van der Waals surface area (Å²) in [4.78, 5) is 16.6. The summed E-state index contributed by atoms with van der Waals surface area (Å²) in [5.41, 5.74) is 2.72. The van der Waals surface area contributed by atoms with E-state index in [1.54, 1.807) is 4.90 Å². The molecule has 2 fully saturated rings. The molecule has 1 unspecified atom stereocenters. The highest BCUT2D eigenvalue weighted by atomic mass is 16.6. The van der Waals surface area contributed by atoms with E-state index in [1.165, 1.54) is 0 Å². The van der Waals surface area contributed by atoms with Crippen molar-refractivity contribution in [3.63, 3.8) is 0 Å². The minimum Gasteiger partial charge on any atom is -0.444 e. The number of hydrogen-bond acceptors (Lipinski definition) is 6. The van der Waals surface area contributed by atoms with Gasteiger partial charge < -0.3 is 24.6 Å². The molecule has 2 aromatic rings. The van der Waals surface area contributed by atoms with Crippen molar-refractivity contribution in [2.45, 2.75) is 45.4 Å². The average Bonchev–Trinajstić information content (AvgIpc) is 3.22. The smallest absolute Gasteiger partial charge is 0.410 e. The van der Waals surface area contributed by atoms with E-state index in [9.17, 15) is 4.79 Å². The van der Waals surface area contributed by atoms with Crippen LogP contribution in [-0.2, 0) is 16.0 Å². The molecule has 1 N–H and O–H groups in total. The molecule has 0 aliphatic carbocycles. The second-order valence-corrected chi connectivity index (χ2v) is 9.43. The van der Waals surface area contributed by atoms with Gasteiger partial charge in [0.05, 0.1) is 18.4 Å². The molecule has 2 aliphatic rings. The van der Waals surface area contributed by atoms with E-state index in [4.69, 9.17) is 14.6 Å². The molecule has 8 heteroatoms. The van der Waals surface area contributed by atoms with Gasteiger partial charge in [-0.15, -0.1) is 0 Å². The Morgan fingerprint density at radius 2 is 1.94 bits per heavy atom. The Bertz CT molecular complexity index is 879. The molecule has 0 radical (unpaired) electrons. The van der Waals surface area contributed by atoms with Gasteiger partial charge in [-0.05, 0) is 27.2 Å². The number of amides is 1. The summed E-state index contributed by atoms with van der Waals surface area (Å²) in [5.74, 6) is 0. The van der Waals surface area contributed by atoms with Gasteiger partial charge in [-0.3, -0.25) is 4.68 Å². The quantitative estimate of drug-likeness (QED) is 0.769. The summed E-state index contributed by atoms with van der Waals surface area (Å²) in [5, 5.41) is 8.32. The van der Waals surface area contributed by atoms with Gasteiger partial charge in [0.25, 0.3) is 0 Å². The number of nitrogens with zero attached hydrogens (tertiary/aromatic N) is 4. The summed E-state index contributed by atoms with van der Waals surface area (Å²) < 4.78 is 13.4. The summed E-state index contributed by atoms with van der Waals surface area (Å²) in [6.07, 6.45) is 3.06. The second kappa shape index (κ2) is 9.92. The molecule has 2 aliphatic heterocycles. The molecule has 0 bridgehead atoms. The summed E-state index contributed by atoms with van der Waals surface area (Å²) in [6, 6.07) is 10.3. The Morgan fingerprint density at radius 1 is 1.19 bits per heavy atom. The molecule has 1 amide bonds. The maximum atomic E-state index is 12.4. The van der Waals surface area contributed by atoms with Crippen LogP contribution in [0.2, 0.25) is 0 Å². The van der Waals surface area contributed by atoms with Crippen molar-refractivity contribution in [2.75, 3.05) is 50.8 Å². The monoisotopic (exact) mass is 441 g/mol. The van der Waals surface area contributed by atoms with Crippen molar-refractivity contribution < 1.29 is 14.3 Å². The Labute approximate surface area is 190 Å². The van der Waals surface area contributed by atoms with Crippen molar-refractivity contribution in [1.29, 1.82) is 0 Å². The number of piperazine rings is 1. The lowest BCUT2D eigenvalue weighted by molar-refractivity contribution is 0.0205. The van der Waals surface area contributed by atoms with Crippen LogP contribution in [0.25, 0.3) is 11.3 Å². The Balaban J connectivity index is 1.46. The molecule has 1 atom stereocenters. The topological polar surface area (TPSA) is 71.9 Å². The predicted octanol–water partition coefficient (Wildman–Crippen LogP) is 2.99. The van der Waals surface area contributed by atoms with Crippen molar-refractivity contribution in [3.8, 4) is 11.3 Å². The normalized spacial score (nSPS) is 19.8. The number of carbonyl (C=O) groups is 1. The molecule has 3 heterocycles. The zero-order chi connectivity index (χ0) is 22.6. The first-order chi connectivity index (χ1) is 15.4. The van der Waals surface area contributed by atoms with Crippen molar-refractivity contribution in [2.24, 2.45) is 0 Å². The zero-order valence-corrected chi connectivity index (χ0v) is 19.4. The molecule has 1 aromatic carbocycles. The maximum absolute atomic E-state index is 12.4. The van der Waals surface area contributed by atoms with E-state index in [0.29, 0.717) is 13.1 Å². The number of anilines is 1. The highest BCUT2D eigenvalue weighted by Crippen LogP contribution is 2.30. The molecule has 32 heavy (non-hydrogen) atoms. The summed E-state index contributed by atoms with van der Waals surface area (Å²) in [6.45, 7) is 11.9. The highest BCUT2D eigenvalue weighted by Gasteiger charge is 2.28. The molecule has 2 saturated heterocycles. The number of carbonyl (C=O) groups excluding carboxylic acids is 1. The average molecular weight is 442 g/mol. The lowest BCUT2D eigenvalue weighted by atomic mass is 10.1. The number of hydrogen-bond donors (Lipinski definition) is 1. The summed E-state index contributed by atoms with van der Waals surface area (Å²) >= 11 is 0. The van der Waals surface area contributed by atoms with Crippen LogP contribution in [0.3, 0.4) is 0 Å². The summed E-state index contributed by atoms with van der Waals surface area (Å²) in [7, 11) is 0. The minimum atomic E-state index is -0.479. The van der Waals surface area contributed by atoms with Gasteiger partial charge in [0.2, 0.25) is 0 Å². The Hall–Kier alpha value is -2.58. The first kappa shape index (κ1) is 22.6. The number of aromatic nitrogens is 2. The van der Waals surface area contributed by atoms with E-state index in [0.717, 1.165) is 62.7 Å². The first-order valence-electron chi connectivity index (χ1n) is 11.6. The number of nitrogens with one attached hydrogen (secondary N) is 1. The molecule has 1 aromatic heterocycles. The van der Waals surface area contributed by atoms with E-state index < -0.39 is 5.60 Å². The van der Waals surface area contributed by atoms with Crippen LogP contribution in [0.4, 0.5) is 10.5 Å². The van der Waals surface area contributed by atoms with E-state index in [-0.39, 0.29) is 12.2 Å². The van der Waals surface area contributed by atoms with Crippen LogP contribution >= 0.6 is 0 Å². The largest absolute Gasteiger partial charge is 0.444 e. The Morgan fingerprint density at radius 3 is 2.59 bits per heavy atom. The molecule has 4 rings (SSSR count). The molecule has 0 saturated carbocycles. The molecule has 174 valence electrons. The number of morpholine rings is 1. The highest BCUT2D eigenvalue weighted by molar-refractivity contribution is 5.75.